The maximum atomic E-state index is 13.7. The van der Waals surface area contributed by atoms with Crippen molar-refractivity contribution in [1.82, 2.24) is 15.0 Å². The molecule has 3 rings (SSSR count). The van der Waals surface area contributed by atoms with Crippen LogP contribution >= 0.6 is 11.6 Å². The molecular formula is C13H11ClFN3O. The van der Waals surface area contributed by atoms with Crippen molar-refractivity contribution in [2.75, 3.05) is 7.11 Å². The second-order valence-electron chi connectivity index (χ2n) is 4.43. The van der Waals surface area contributed by atoms with E-state index in [1.165, 1.54) is 13.2 Å². The lowest BCUT2D eigenvalue weighted by Gasteiger charge is -2.06. The van der Waals surface area contributed by atoms with Crippen LogP contribution in [-0.2, 0) is 0 Å². The zero-order valence-electron chi connectivity index (χ0n) is 10.2. The fraction of sp³-hybridized carbons (Fsp3) is 0.308. The van der Waals surface area contributed by atoms with Gasteiger partial charge in [0.15, 0.2) is 5.82 Å². The molecule has 0 amide bonds. The normalized spacial score (nSPS) is 14.5. The Hall–Kier alpha value is -1.75. The van der Waals surface area contributed by atoms with E-state index < -0.39 is 0 Å². The van der Waals surface area contributed by atoms with Gasteiger partial charge in [-0.1, -0.05) is 0 Å². The third-order valence-electron chi connectivity index (χ3n) is 3.04. The molecule has 1 fully saturated rings. The van der Waals surface area contributed by atoms with Crippen molar-refractivity contribution in [3.05, 3.63) is 34.9 Å². The molecule has 4 nitrogen and oxygen atoms in total. The van der Waals surface area contributed by atoms with E-state index in [-0.39, 0.29) is 17.1 Å². The molecule has 6 heteroatoms. The highest BCUT2D eigenvalue weighted by Gasteiger charge is 2.27. The van der Waals surface area contributed by atoms with Gasteiger partial charge in [0, 0.05) is 5.56 Å². The second kappa shape index (κ2) is 4.74. The standard InChI is InChI=1S/C13H11ClFN3O/c1-19-13-17-11(16-12(14)18-13)8-4-5-10(15)9(6-8)7-2-3-7/h4-7H,2-3H2,1H3. The predicted molar refractivity (Wildman–Crippen MR) is 68.8 cm³/mol. The number of halogens is 2. The zero-order valence-corrected chi connectivity index (χ0v) is 11.0. The zero-order chi connectivity index (χ0) is 13.4. The second-order valence-corrected chi connectivity index (χ2v) is 4.76. The van der Waals surface area contributed by atoms with Crippen molar-refractivity contribution in [2.45, 2.75) is 18.8 Å². The highest BCUT2D eigenvalue weighted by molar-refractivity contribution is 6.28. The van der Waals surface area contributed by atoms with Crippen LogP contribution in [0, 0.1) is 5.82 Å². The third kappa shape index (κ3) is 2.51. The van der Waals surface area contributed by atoms with E-state index in [1.807, 2.05) is 0 Å². The molecule has 0 bridgehead atoms. The van der Waals surface area contributed by atoms with Crippen molar-refractivity contribution in [1.29, 1.82) is 0 Å². The van der Waals surface area contributed by atoms with Gasteiger partial charge >= 0.3 is 6.01 Å². The first-order valence-electron chi connectivity index (χ1n) is 5.93. The van der Waals surface area contributed by atoms with Gasteiger partial charge in [-0.15, -0.1) is 0 Å². The van der Waals surface area contributed by atoms with Crippen LogP contribution < -0.4 is 4.74 Å². The minimum absolute atomic E-state index is 0.0548. The Morgan fingerprint density at radius 2 is 2.05 bits per heavy atom. The summed E-state index contributed by atoms with van der Waals surface area (Å²) in [5.74, 6) is 0.524. The van der Waals surface area contributed by atoms with E-state index in [2.05, 4.69) is 15.0 Å². The van der Waals surface area contributed by atoms with E-state index in [0.717, 1.165) is 12.8 Å². The molecule has 1 heterocycles. The molecule has 1 saturated carbocycles. The van der Waals surface area contributed by atoms with Gasteiger partial charge in [-0.25, -0.2) is 4.39 Å². The number of rotatable bonds is 3. The number of benzene rings is 1. The van der Waals surface area contributed by atoms with Gasteiger partial charge in [-0.2, -0.15) is 15.0 Å². The maximum Gasteiger partial charge on any atom is 0.321 e. The summed E-state index contributed by atoms with van der Waals surface area (Å²) >= 11 is 5.81. The lowest BCUT2D eigenvalue weighted by atomic mass is 10.1. The Morgan fingerprint density at radius 3 is 2.74 bits per heavy atom. The molecule has 2 aromatic rings. The quantitative estimate of drug-likeness (QED) is 0.865. The van der Waals surface area contributed by atoms with E-state index in [9.17, 15) is 4.39 Å². The summed E-state index contributed by atoms with van der Waals surface area (Å²) in [6, 6.07) is 4.99. The molecule has 0 aliphatic heterocycles. The summed E-state index contributed by atoms with van der Waals surface area (Å²) in [7, 11) is 1.45. The molecule has 0 saturated heterocycles. The largest absolute Gasteiger partial charge is 0.467 e. The molecule has 1 aliphatic carbocycles. The molecule has 1 aromatic heterocycles. The number of methoxy groups -OCH3 is 1. The fourth-order valence-corrected chi connectivity index (χ4v) is 2.09. The number of nitrogens with zero attached hydrogens (tertiary/aromatic N) is 3. The van der Waals surface area contributed by atoms with Crippen molar-refractivity contribution in [3.8, 4) is 17.4 Å². The molecular weight excluding hydrogens is 269 g/mol. The summed E-state index contributed by atoms with van der Waals surface area (Å²) < 4.78 is 18.6. The van der Waals surface area contributed by atoms with Gasteiger partial charge in [0.05, 0.1) is 7.11 Å². The highest BCUT2D eigenvalue weighted by atomic mass is 35.5. The lowest BCUT2D eigenvalue weighted by molar-refractivity contribution is 0.379. The Morgan fingerprint density at radius 1 is 1.26 bits per heavy atom. The van der Waals surface area contributed by atoms with Crippen LogP contribution in [0.2, 0.25) is 5.28 Å². The molecule has 0 unspecified atom stereocenters. The van der Waals surface area contributed by atoms with E-state index in [1.54, 1.807) is 12.1 Å². The molecule has 19 heavy (non-hydrogen) atoms. The van der Waals surface area contributed by atoms with E-state index >= 15 is 0 Å². The maximum absolute atomic E-state index is 13.7. The molecule has 0 atom stereocenters. The minimum Gasteiger partial charge on any atom is -0.467 e. The van der Waals surface area contributed by atoms with Crippen molar-refractivity contribution in [2.24, 2.45) is 0 Å². The molecule has 0 radical (unpaired) electrons. The van der Waals surface area contributed by atoms with Gasteiger partial charge in [0.2, 0.25) is 5.28 Å². The molecule has 1 aromatic carbocycles. The fourth-order valence-electron chi connectivity index (χ4n) is 1.94. The highest BCUT2D eigenvalue weighted by Crippen LogP contribution is 2.42. The van der Waals surface area contributed by atoms with Gasteiger partial charge < -0.3 is 4.74 Å². The predicted octanol–water partition coefficient (Wildman–Crippen LogP) is 3.22. The molecule has 98 valence electrons. The Bertz CT molecular complexity index is 631. The van der Waals surface area contributed by atoms with Crippen LogP contribution in [0.3, 0.4) is 0 Å². The Balaban J connectivity index is 2.06. The Labute approximate surface area is 114 Å². The van der Waals surface area contributed by atoms with E-state index in [0.29, 0.717) is 22.9 Å². The number of hydrogen-bond acceptors (Lipinski definition) is 4. The van der Waals surface area contributed by atoms with Gasteiger partial charge in [0.25, 0.3) is 0 Å². The average Bonchev–Trinajstić information content (AvgIpc) is 3.23. The van der Waals surface area contributed by atoms with Crippen LogP contribution in [0.25, 0.3) is 11.4 Å². The number of ether oxygens (including phenoxy) is 1. The van der Waals surface area contributed by atoms with Crippen LogP contribution in [0.4, 0.5) is 4.39 Å². The van der Waals surface area contributed by atoms with Crippen LogP contribution in [0.15, 0.2) is 18.2 Å². The third-order valence-corrected chi connectivity index (χ3v) is 3.21. The summed E-state index contributed by atoms with van der Waals surface area (Å²) in [5, 5.41) is 0.0548. The van der Waals surface area contributed by atoms with Gasteiger partial charge in [-0.3, -0.25) is 0 Å². The number of hydrogen-bond donors (Lipinski definition) is 0. The summed E-state index contributed by atoms with van der Waals surface area (Å²) in [4.78, 5) is 12.0. The summed E-state index contributed by atoms with van der Waals surface area (Å²) in [6.45, 7) is 0. The van der Waals surface area contributed by atoms with Crippen molar-refractivity contribution >= 4 is 11.6 Å². The summed E-state index contributed by atoms with van der Waals surface area (Å²) in [5.41, 5.74) is 1.43. The van der Waals surface area contributed by atoms with Crippen LogP contribution in [-0.4, -0.2) is 22.1 Å². The summed E-state index contributed by atoms with van der Waals surface area (Å²) in [6.07, 6.45) is 2.06. The first-order valence-corrected chi connectivity index (χ1v) is 6.30. The van der Waals surface area contributed by atoms with E-state index in [4.69, 9.17) is 16.3 Å². The average molecular weight is 280 g/mol. The van der Waals surface area contributed by atoms with Crippen molar-refractivity contribution < 1.29 is 9.13 Å². The molecule has 0 N–H and O–H groups in total. The monoisotopic (exact) mass is 279 g/mol. The number of aromatic nitrogens is 3. The minimum atomic E-state index is -0.182. The molecule has 0 spiro atoms. The van der Waals surface area contributed by atoms with Crippen LogP contribution in [0.5, 0.6) is 6.01 Å². The van der Waals surface area contributed by atoms with Gasteiger partial charge in [-0.05, 0) is 54.1 Å². The van der Waals surface area contributed by atoms with Crippen molar-refractivity contribution in [3.63, 3.8) is 0 Å². The first kappa shape index (κ1) is 12.3. The first-order chi connectivity index (χ1) is 9.17. The lowest BCUT2D eigenvalue weighted by Crippen LogP contribution is -1.99. The topological polar surface area (TPSA) is 47.9 Å². The SMILES string of the molecule is COc1nc(Cl)nc(-c2ccc(F)c(C3CC3)c2)n1. The molecule has 1 aliphatic rings. The van der Waals surface area contributed by atoms with Gasteiger partial charge in [0.1, 0.15) is 5.82 Å². The van der Waals surface area contributed by atoms with Crippen LogP contribution in [0.1, 0.15) is 24.3 Å². The Kier molecular flexibility index (Phi) is 3.06. The smallest absolute Gasteiger partial charge is 0.321 e.